The zero-order valence-electron chi connectivity index (χ0n) is 25.4. The van der Waals surface area contributed by atoms with E-state index < -0.39 is 0 Å². The standard InChI is InChI=1S/C44H27NO2/c1-2-7-28(8-3-1)29-13-18-32(19-14-29)45(34-22-24-37-36-10-4-5-11-39(36)46-42(37)27-34)33-20-15-30(16-21-33)35-25-26-41-44-38(35)23-17-31-9-6-12-40(47-41)43(31)44/h1-27H. The molecule has 3 heteroatoms. The molecule has 2 heterocycles. The lowest BCUT2D eigenvalue weighted by atomic mass is 9.94. The predicted octanol–water partition coefficient (Wildman–Crippen LogP) is 12.9. The maximum Gasteiger partial charge on any atom is 0.137 e. The van der Waals surface area contributed by atoms with Gasteiger partial charge in [0.2, 0.25) is 0 Å². The van der Waals surface area contributed by atoms with Crippen LogP contribution in [0.3, 0.4) is 0 Å². The minimum atomic E-state index is 0.872. The predicted molar refractivity (Wildman–Crippen MR) is 195 cm³/mol. The minimum absolute atomic E-state index is 0.872. The largest absolute Gasteiger partial charge is 0.456 e. The Labute approximate surface area is 270 Å². The number of rotatable bonds is 5. The van der Waals surface area contributed by atoms with Crippen LogP contribution in [0, 0.1) is 0 Å². The van der Waals surface area contributed by atoms with Gasteiger partial charge in [-0.15, -0.1) is 0 Å². The first kappa shape index (κ1) is 26.0. The van der Waals surface area contributed by atoms with Crippen LogP contribution in [0.15, 0.2) is 173 Å². The third-order valence-corrected chi connectivity index (χ3v) is 9.45. The normalized spacial score (nSPS) is 11.8. The van der Waals surface area contributed by atoms with Crippen LogP contribution in [0.25, 0.3) is 76.9 Å². The summed E-state index contributed by atoms with van der Waals surface area (Å²) >= 11 is 0. The number of hydrogen-bond acceptors (Lipinski definition) is 3. The van der Waals surface area contributed by atoms with Crippen LogP contribution in [-0.2, 0) is 0 Å². The number of nitrogens with zero attached hydrogens (tertiary/aromatic N) is 1. The average Bonchev–Trinajstić information content (AvgIpc) is 3.71. The first-order valence-electron chi connectivity index (χ1n) is 15.9. The summed E-state index contributed by atoms with van der Waals surface area (Å²) in [5, 5.41) is 7.05. The van der Waals surface area contributed by atoms with Gasteiger partial charge in [0.25, 0.3) is 0 Å². The lowest BCUT2D eigenvalue weighted by molar-refractivity contribution is 0.668. The highest BCUT2D eigenvalue weighted by Gasteiger charge is 2.18. The quantitative estimate of drug-likeness (QED) is 0.184. The van der Waals surface area contributed by atoms with Crippen molar-refractivity contribution in [1.82, 2.24) is 0 Å². The molecule has 3 nitrogen and oxygen atoms in total. The van der Waals surface area contributed by atoms with Crippen molar-refractivity contribution >= 4 is 71.7 Å². The van der Waals surface area contributed by atoms with E-state index >= 15 is 0 Å². The summed E-state index contributed by atoms with van der Waals surface area (Å²) in [7, 11) is 0. The Morgan fingerprint density at radius 1 is 0.340 bits per heavy atom. The molecule has 0 saturated heterocycles. The summed E-state index contributed by atoms with van der Waals surface area (Å²) < 4.78 is 12.5. The molecular formula is C44H27NO2. The molecule has 0 spiro atoms. The van der Waals surface area contributed by atoms with Crippen LogP contribution in [0.4, 0.5) is 17.1 Å². The van der Waals surface area contributed by atoms with Crippen molar-refractivity contribution in [2.75, 3.05) is 4.90 Å². The fraction of sp³-hybridized carbons (Fsp3) is 0. The molecule has 0 fully saturated rings. The minimum Gasteiger partial charge on any atom is -0.456 e. The third-order valence-electron chi connectivity index (χ3n) is 9.45. The summed E-state index contributed by atoms with van der Waals surface area (Å²) in [4.78, 5) is 2.30. The van der Waals surface area contributed by atoms with Crippen molar-refractivity contribution in [3.63, 3.8) is 0 Å². The molecule has 10 rings (SSSR count). The molecule has 0 aliphatic heterocycles. The van der Waals surface area contributed by atoms with Gasteiger partial charge in [0, 0.05) is 44.7 Å². The Kier molecular flexibility index (Phi) is 5.57. The molecule has 220 valence electrons. The van der Waals surface area contributed by atoms with Gasteiger partial charge in [-0.25, -0.2) is 0 Å². The van der Waals surface area contributed by atoms with Gasteiger partial charge < -0.3 is 13.7 Å². The number of furan rings is 2. The maximum atomic E-state index is 6.32. The summed E-state index contributed by atoms with van der Waals surface area (Å²) in [5.41, 5.74) is 11.6. The van der Waals surface area contributed by atoms with Gasteiger partial charge in [0.1, 0.15) is 22.3 Å². The van der Waals surface area contributed by atoms with Crippen LogP contribution >= 0.6 is 0 Å². The van der Waals surface area contributed by atoms with Gasteiger partial charge in [-0.05, 0) is 87.6 Å². The maximum absolute atomic E-state index is 6.32. The molecule has 0 radical (unpaired) electrons. The van der Waals surface area contributed by atoms with Crippen LogP contribution in [0.1, 0.15) is 0 Å². The molecule has 0 bridgehead atoms. The Hall–Kier alpha value is -6.32. The van der Waals surface area contributed by atoms with Crippen molar-refractivity contribution in [2.24, 2.45) is 0 Å². The van der Waals surface area contributed by atoms with Gasteiger partial charge >= 0.3 is 0 Å². The SMILES string of the molecule is c1ccc(-c2ccc(N(c3ccc(-c4ccc5oc6cccc7ccc4c5c76)cc3)c3ccc4c(c3)oc3ccccc34)cc2)cc1. The van der Waals surface area contributed by atoms with Gasteiger partial charge in [0.15, 0.2) is 0 Å². The van der Waals surface area contributed by atoms with E-state index in [9.17, 15) is 0 Å². The van der Waals surface area contributed by atoms with E-state index in [1.165, 1.54) is 38.2 Å². The zero-order valence-corrected chi connectivity index (χ0v) is 25.4. The molecule has 47 heavy (non-hydrogen) atoms. The van der Waals surface area contributed by atoms with Crippen molar-refractivity contribution in [3.8, 4) is 22.3 Å². The van der Waals surface area contributed by atoms with Gasteiger partial charge in [-0.3, -0.25) is 0 Å². The molecule has 0 saturated carbocycles. The lowest BCUT2D eigenvalue weighted by Gasteiger charge is -2.26. The number of fused-ring (bicyclic) bond motifs is 3. The molecule has 10 aromatic rings. The van der Waals surface area contributed by atoms with Crippen LogP contribution in [0.5, 0.6) is 0 Å². The highest BCUT2D eigenvalue weighted by atomic mass is 16.3. The number of para-hydroxylation sites is 1. The van der Waals surface area contributed by atoms with Crippen molar-refractivity contribution in [2.45, 2.75) is 0 Å². The fourth-order valence-electron chi connectivity index (χ4n) is 7.22. The van der Waals surface area contributed by atoms with Gasteiger partial charge in [-0.1, -0.05) is 103 Å². The topological polar surface area (TPSA) is 29.5 Å². The molecule has 0 aliphatic rings. The Morgan fingerprint density at radius 3 is 1.79 bits per heavy atom. The van der Waals surface area contributed by atoms with E-state index in [4.69, 9.17) is 8.83 Å². The van der Waals surface area contributed by atoms with Gasteiger partial charge in [-0.2, -0.15) is 0 Å². The number of benzene rings is 8. The third kappa shape index (κ3) is 4.07. The molecule has 0 amide bonds. The van der Waals surface area contributed by atoms with E-state index in [0.717, 1.165) is 55.7 Å². The lowest BCUT2D eigenvalue weighted by Crippen LogP contribution is -2.09. The van der Waals surface area contributed by atoms with E-state index in [2.05, 4.69) is 157 Å². The van der Waals surface area contributed by atoms with Crippen LogP contribution in [-0.4, -0.2) is 0 Å². The summed E-state index contributed by atoms with van der Waals surface area (Å²) in [6.07, 6.45) is 0. The molecule has 2 aromatic heterocycles. The molecule has 0 N–H and O–H groups in total. The van der Waals surface area contributed by atoms with Crippen molar-refractivity contribution in [3.05, 3.63) is 164 Å². The van der Waals surface area contributed by atoms with Crippen molar-refractivity contribution in [1.29, 1.82) is 0 Å². The summed E-state index contributed by atoms with van der Waals surface area (Å²) in [6.45, 7) is 0. The first-order chi connectivity index (χ1) is 23.3. The molecule has 0 aliphatic carbocycles. The number of anilines is 3. The van der Waals surface area contributed by atoms with Crippen LogP contribution in [0.2, 0.25) is 0 Å². The molecule has 0 unspecified atom stereocenters. The highest BCUT2D eigenvalue weighted by Crippen LogP contribution is 2.43. The van der Waals surface area contributed by atoms with Crippen molar-refractivity contribution < 1.29 is 8.83 Å². The Bertz CT molecular complexity index is 2720. The fourth-order valence-corrected chi connectivity index (χ4v) is 7.22. The van der Waals surface area contributed by atoms with E-state index in [-0.39, 0.29) is 0 Å². The Morgan fingerprint density at radius 2 is 0.957 bits per heavy atom. The second kappa shape index (κ2) is 10.1. The van der Waals surface area contributed by atoms with E-state index in [0.29, 0.717) is 0 Å². The summed E-state index contributed by atoms with van der Waals surface area (Å²) in [6, 6.07) is 57.9. The van der Waals surface area contributed by atoms with E-state index in [1.807, 2.05) is 12.1 Å². The molecule has 0 atom stereocenters. The smallest absolute Gasteiger partial charge is 0.137 e. The highest BCUT2D eigenvalue weighted by molar-refractivity contribution is 6.24. The molecular weight excluding hydrogens is 574 g/mol. The number of hydrogen-bond donors (Lipinski definition) is 0. The van der Waals surface area contributed by atoms with Crippen LogP contribution < -0.4 is 4.90 Å². The molecule has 8 aromatic carbocycles. The van der Waals surface area contributed by atoms with E-state index in [1.54, 1.807) is 0 Å². The Balaban J connectivity index is 1.10. The monoisotopic (exact) mass is 601 g/mol. The van der Waals surface area contributed by atoms with Gasteiger partial charge in [0.05, 0.1) is 0 Å². The second-order valence-corrected chi connectivity index (χ2v) is 12.1. The average molecular weight is 602 g/mol. The second-order valence-electron chi connectivity index (χ2n) is 12.1. The first-order valence-corrected chi connectivity index (χ1v) is 15.9. The summed E-state index contributed by atoms with van der Waals surface area (Å²) in [5.74, 6) is 0. The zero-order chi connectivity index (χ0) is 30.9.